The fourth-order valence-corrected chi connectivity index (χ4v) is 4.78. The van der Waals surface area contributed by atoms with Crippen LogP contribution in [0.1, 0.15) is 12.5 Å². The molecule has 1 fully saturated rings. The first kappa shape index (κ1) is 22.7. The second-order valence-corrected chi connectivity index (χ2v) is 8.80. The highest BCUT2D eigenvalue weighted by atomic mass is 32.2. The fourth-order valence-electron chi connectivity index (χ4n) is 3.77. The van der Waals surface area contributed by atoms with Crippen molar-refractivity contribution < 1.29 is 14.1 Å². The number of rotatable bonds is 7. The van der Waals surface area contributed by atoms with Gasteiger partial charge in [-0.05, 0) is 66.7 Å². The lowest BCUT2D eigenvalue weighted by molar-refractivity contribution is -0.121. The second kappa shape index (κ2) is 10.0. The van der Waals surface area contributed by atoms with Crippen LogP contribution in [0.2, 0.25) is 0 Å². The summed E-state index contributed by atoms with van der Waals surface area (Å²) in [6.45, 7) is 6.72. The highest BCUT2D eigenvalue weighted by Crippen LogP contribution is 2.35. The molecule has 2 heterocycles. The number of hydrogen-bond acceptors (Lipinski definition) is 6. The molecule has 0 bridgehead atoms. The van der Waals surface area contributed by atoms with Crippen LogP contribution in [0.4, 0.5) is 5.69 Å². The van der Waals surface area contributed by atoms with Crippen molar-refractivity contribution in [1.29, 1.82) is 0 Å². The smallest absolute Gasteiger partial charge is 0.267 e. The molecule has 0 aliphatic carbocycles. The molecular formula is C28H23N3O3S. The van der Waals surface area contributed by atoms with E-state index in [0.29, 0.717) is 29.0 Å². The van der Waals surface area contributed by atoms with Gasteiger partial charge in [-0.2, -0.15) is 0 Å². The lowest BCUT2D eigenvalue weighted by atomic mass is 10.1. The van der Waals surface area contributed by atoms with Gasteiger partial charge in [0.15, 0.2) is 10.9 Å². The normalized spacial score (nSPS) is 15.9. The third-order valence-electron chi connectivity index (χ3n) is 5.41. The largest absolute Gasteiger partial charge is 0.494 e. The van der Waals surface area contributed by atoms with Crippen molar-refractivity contribution in [2.75, 3.05) is 13.2 Å². The van der Waals surface area contributed by atoms with E-state index in [1.807, 2.05) is 85.8 Å². The minimum Gasteiger partial charge on any atom is -0.494 e. The van der Waals surface area contributed by atoms with Gasteiger partial charge in [0.1, 0.15) is 11.3 Å². The third kappa shape index (κ3) is 4.76. The number of aromatic nitrogens is 1. The topological polar surface area (TPSA) is 67.9 Å². The molecule has 0 atom stereocenters. The molecule has 1 saturated heterocycles. The first-order chi connectivity index (χ1) is 17.2. The molecule has 1 aliphatic heterocycles. The number of carbonyl (C=O) groups excluding carboxylic acids is 1. The van der Waals surface area contributed by atoms with Gasteiger partial charge in [0.25, 0.3) is 5.91 Å². The molecule has 0 N–H and O–H groups in total. The van der Waals surface area contributed by atoms with Crippen molar-refractivity contribution in [2.45, 2.75) is 6.92 Å². The van der Waals surface area contributed by atoms with Crippen LogP contribution >= 0.6 is 11.8 Å². The lowest BCUT2D eigenvalue weighted by Gasteiger charge is -2.12. The van der Waals surface area contributed by atoms with Crippen LogP contribution < -0.4 is 4.74 Å². The van der Waals surface area contributed by atoms with Crippen molar-refractivity contribution in [3.63, 3.8) is 0 Å². The highest BCUT2D eigenvalue weighted by Gasteiger charge is 2.32. The monoisotopic (exact) mass is 481 g/mol. The summed E-state index contributed by atoms with van der Waals surface area (Å²) in [7, 11) is 0. The molecule has 4 aromatic rings. The molecule has 0 spiro atoms. The summed E-state index contributed by atoms with van der Waals surface area (Å²) in [5.74, 6) is 1.39. The number of hydrogen-bond donors (Lipinski definition) is 0. The molecule has 0 radical (unpaired) electrons. The van der Waals surface area contributed by atoms with E-state index >= 15 is 0 Å². The van der Waals surface area contributed by atoms with Crippen LogP contribution in [0.3, 0.4) is 0 Å². The van der Waals surface area contributed by atoms with E-state index in [1.165, 1.54) is 11.8 Å². The first-order valence-corrected chi connectivity index (χ1v) is 12.1. The zero-order valence-corrected chi connectivity index (χ0v) is 20.0. The number of thioether (sulfide) groups is 1. The SMILES string of the molecule is C=CCN1C(=O)C(=Cc2ccc3noc(-c4ccccc4)c3c2)SC1=Nc1ccc(OCC)cc1. The van der Waals surface area contributed by atoms with E-state index < -0.39 is 0 Å². The first-order valence-electron chi connectivity index (χ1n) is 11.2. The molecule has 174 valence electrons. The fraction of sp³-hybridized carbons (Fsp3) is 0.107. The maximum absolute atomic E-state index is 13.2. The summed E-state index contributed by atoms with van der Waals surface area (Å²) in [4.78, 5) is 20.1. The molecule has 3 aromatic carbocycles. The summed E-state index contributed by atoms with van der Waals surface area (Å²) in [6, 6.07) is 23.2. The summed E-state index contributed by atoms with van der Waals surface area (Å²) < 4.78 is 11.1. The van der Waals surface area contributed by atoms with Crippen LogP contribution in [0.15, 0.2) is 99.9 Å². The van der Waals surface area contributed by atoms with Crippen LogP contribution in [0.25, 0.3) is 28.3 Å². The number of nitrogens with zero attached hydrogens (tertiary/aromatic N) is 3. The maximum atomic E-state index is 13.2. The zero-order valence-electron chi connectivity index (χ0n) is 19.2. The molecule has 1 aromatic heterocycles. The van der Waals surface area contributed by atoms with Crippen molar-refractivity contribution >= 4 is 45.5 Å². The van der Waals surface area contributed by atoms with E-state index in [4.69, 9.17) is 14.3 Å². The Morgan fingerprint density at radius 3 is 2.66 bits per heavy atom. The molecule has 6 nitrogen and oxygen atoms in total. The average Bonchev–Trinajstić information content (AvgIpc) is 3.43. The quantitative estimate of drug-likeness (QED) is 0.217. The van der Waals surface area contributed by atoms with Crippen LogP contribution in [0.5, 0.6) is 5.75 Å². The standard InChI is InChI=1S/C28H23N3O3S/c1-3-16-31-27(32)25(35-28(31)29-21-11-13-22(14-12-21)33-4-2)18-19-10-15-24-23(17-19)26(34-30-24)20-8-6-5-7-9-20/h3,5-15,17-18H,1,4,16H2,2H3. The van der Waals surface area contributed by atoms with Crippen molar-refractivity contribution in [1.82, 2.24) is 10.1 Å². The number of ether oxygens (including phenoxy) is 1. The second-order valence-electron chi connectivity index (χ2n) is 7.79. The van der Waals surface area contributed by atoms with Crippen molar-refractivity contribution in [3.05, 3.63) is 95.9 Å². The molecule has 1 amide bonds. The number of aliphatic imine (C=N–C) groups is 1. The average molecular weight is 482 g/mol. The predicted molar refractivity (Wildman–Crippen MR) is 142 cm³/mol. The van der Waals surface area contributed by atoms with Gasteiger partial charge in [0.05, 0.1) is 22.6 Å². The van der Waals surface area contributed by atoms with E-state index in [0.717, 1.165) is 33.5 Å². The Morgan fingerprint density at radius 1 is 1.11 bits per heavy atom. The van der Waals surface area contributed by atoms with E-state index in [2.05, 4.69) is 11.7 Å². The van der Waals surface area contributed by atoms with Crippen LogP contribution in [-0.2, 0) is 4.79 Å². The Bertz CT molecular complexity index is 1440. The van der Waals surface area contributed by atoms with Crippen LogP contribution in [0, 0.1) is 0 Å². The minimum absolute atomic E-state index is 0.103. The highest BCUT2D eigenvalue weighted by molar-refractivity contribution is 8.18. The third-order valence-corrected chi connectivity index (χ3v) is 6.41. The maximum Gasteiger partial charge on any atom is 0.267 e. The number of amidine groups is 1. The van der Waals surface area contributed by atoms with E-state index in [1.54, 1.807) is 11.0 Å². The van der Waals surface area contributed by atoms with E-state index in [-0.39, 0.29) is 5.91 Å². The zero-order chi connectivity index (χ0) is 24.2. The van der Waals surface area contributed by atoms with Gasteiger partial charge in [-0.15, -0.1) is 6.58 Å². The molecule has 1 aliphatic rings. The van der Waals surface area contributed by atoms with Crippen molar-refractivity contribution in [3.8, 4) is 17.1 Å². The van der Waals surface area contributed by atoms with Gasteiger partial charge in [-0.1, -0.05) is 47.6 Å². The number of amides is 1. The predicted octanol–water partition coefficient (Wildman–Crippen LogP) is 6.68. The van der Waals surface area contributed by atoms with Crippen molar-refractivity contribution in [2.24, 2.45) is 4.99 Å². The number of fused-ring (bicyclic) bond motifs is 1. The molecule has 35 heavy (non-hydrogen) atoms. The Kier molecular flexibility index (Phi) is 6.50. The Balaban J connectivity index is 1.47. The Labute approximate surface area is 207 Å². The van der Waals surface area contributed by atoms with E-state index in [9.17, 15) is 4.79 Å². The summed E-state index contributed by atoms with van der Waals surface area (Å²) >= 11 is 1.35. The summed E-state index contributed by atoms with van der Waals surface area (Å²) in [6.07, 6.45) is 3.58. The van der Waals surface area contributed by atoms with Crippen LogP contribution in [-0.4, -0.2) is 34.3 Å². The summed E-state index contributed by atoms with van der Waals surface area (Å²) in [5.41, 5.74) is 3.35. The number of benzene rings is 3. The van der Waals surface area contributed by atoms with Gasteiger partial charge in [-0.3, -0.25) is 9.69 Å². The minimum atomic E-state index is -0.103. The molecule has 7 heteroatoms. The Morgan fingerprint density at radius 2 is 1.91 bits per heavy atom. The molecule has 5 rings (SSSR count). The van der Waals surface area contributed by atoms with Gasteiger partial charge >= 0.3 is 0 Å². The molecule has 0 unspecified atom stereocenters. The van der Waals surface area contributed by atoms with Gasteiger partial charge in [0.2, 0.25) is 0 Å². The Hall–Kier alpha value is -4.10. The van der Waals surface area contributed by atoms with Gasteiger partial charge in [-0.25, -0.2) is 4.99 Å². The molecular weight excluding hydrogens is 458 g/mol. The lowest BCUT2D eigenvalue weighted by Crippen LogP contribution is -2.29. The molecule has 0 saturated carbocycles. The number of carbonyl (C=O) groups is 1. The summed E-state index contributed by atoms with van der Waals surface area (Å²) in [5, 5.41) is 5.69. The van der Waals surface area contributed by atoms with Gasteiger partial charge < -0.3 is 9.26 Å². The van der Waals surface area contributed by atoms with Gasteiger partial charge in [0, 0.05) is 12.1 Å².